The quantitative estimate of drug-likeness (QED) is 0.424. The largest absolute Gasteiger partial charge is 0.616 e. The molecule has 0 spiro atoms. The molecular weight excluding hydrogens is 464 g/mol. The zero-order valence-electron chi connectivity index (χ0n) is 19.4. The maximum atomic E-state index is 11.7. The van der Waals surface area contributed by atoms with Crippen LogP contribution in [-0.2, 0) is 15.9 Å². The van der Waals surface area contributed by atoms with E-state index in [1.807, 2.05) is 41.0 Å². The molecule has 6 rings (SSSR count). The van der Waals surface area contributed by atoms with Crippen LogP contribution in [-0.4, -0.2) is 59.8 Å². The van der Waals surface area contributed by atoms with Gasteiger partial charge in [0, 0.05) is 43.4 Å². The van der Waals surface area contributed by atoms with Crippen LogP contribution in [0.15, 0.2) is 48.9 Å². The first-order valence-electron chi connectivity index (χ1n) is 12.0. The molecule has 2 aliphatic heterocycles. The van der Waals surface area contributed by atoms with Crippen LogP contribution in [0.5, 0.6) is 5.75 Å². The standard InChI is InChI=1S/C25H28N6O3S/c26-25-24-21(22-4-9-28-30(22)18-5-10-33-11-6-18)15-23(31(24)29-16-27-25)17-2-1-3-20(14-17)34-19-7-12-35(32)13-8-19/h1-4,9,14-16,18-19H,5-8,10-13H2,(H2,26,27,29). The molecule has 0 radical (unpaired) electrons. The maximum Gasteiger partial charge on any atom is 0.152 e. The van der Waals surface area contributed by atoms with Crippen molar-refractivity contribution < 1.29 is 14.0 Å². The van der Waals surface area contributed by atoms with Crippen molar-refractivity contribution in [3.8, 4) is 28.3 Å². The van der Waals surface area contributed by atoms with Crippen molar-refractivity contribution in [3.05, 3.63) is 48.9 Å². The van der Waals surface area contributed by atoms with Crippen LogP contribution in [0.2, 0.25) is 0 Å². The first-order chi connectivity index (χ1) is 17.2. The fourth-order valence-electron chi connectivity index (χ4n) is 5.03. The number of hydrogen-bond acceptors (Lipinski definition) is 7. The number of rotatable bonds is 5. The summed E-state index contributed by atoms with van der Waals surface area (Å²) in [7, 11) is 0. The number of nitrogens with zero attached hydrogens (tertiary/aromatic N) is 5. The van der Waals surface area contributed by atoms with E-state index in [2.05, 4.69) is 25.9 Å². The second kappa shape index (κ2) is 9.52. The molecule has 2 fully saturated rings. The fraction of sp³-hybridized carbons (Fsp3) is 0.400. The number of hydrogen-bond donors (Lipinski definition) is 1. The van der Waals surface area contributed by atoms with Crippen molar-refractivity contribution in [2.24, 2.45) is 0 Å². The zero-order chi connectivity index (χ0) is 23.8. The molecular formula is C25H28N6O3S. The van der Waals surface area contributed by atoms with E-state index in [4.69, 9.17) is 15.2 Å². The molecule has 1 aromatic carbocycles. The summed E-state index contributed by atoms with van der Waals surface area (Å²) in [6, 6.07) is 12.4. The van der Waals surface area contributed by atoms with Gasteiger partial charge in [-0.2, -0.15) is 10.2 Å². The lowest BCUT2D eigenvalue weighted by Gasteiger charge is -2.25. The Bertz CT molecular complexity index is 1320. The smallest absolute Gasteiger partial charge is 0.152 e. The van der Waals surface area contributed by atoms with Gasteiger partial charge in [0.2, 0.25) is 0 Å². The van der Waals surface area contributed by atoms with E-state index < -0.39 is 11.2 Å². The van der Waals surface area contributed by atoms with Crippen LogP contribution in [0.1, 0.15) is 31.7 Å². The number of nitrogen functional groups attached to an aromatic ring is 1. The summed E-state index contributed by atoms with van der Waals surface area (Å²) in [5.74, 6) is 2.62. The summed E-state index contributed by atoms with van der Waals surface area (Å²) in [4.78, 5) is 4.27. The highest BCUT2D eigenvalue weighted by atomic mass is 32.2. The van der Waals surface area contributed by atoms with Gasteiger partial charge in [-0.05, 0) is 37.1 Å². The van der Waals surface area contributed by atoms with Crippen molar-refractivity contribution >= 4 is 22.5 Å². The van der Waals surface area contributed by atoms with Gasteiger partial charge < -0.3 is 19.8 Å². The fourth-order valence-corrected chi connectivity index (χ4v) is 6.28. The van der Waals surface area contributed by atoms with Gasteiger partial charge in [0.15, 0.2) is 5.82 Å². The van der Waals surface area contributed by atoms with Crippen molar-refractivity contribution in [3.63, 3.8) is 0 Å². The van der Waals surface area contributed by atoms with Gasteiger partial charge in [-0.25, -0.2) is 9.50 Å². The average molecular weight is 493 g/mol. The van der Waals surface area contributed by atoms with Crippen molar-refractivity contribution in [1.29, 1.82) is 0 Å². The van der Waals surface area contributed by atoms with Gasteiger partial charge in [0.05, 0.1) is 17.4 Å². The lowest BCUT2D eigenvalue weighted by molar-refractivity contribution is 0.0667. The predicted molar refractivity (Wildman–Crippen MR) is 135 cm³/mol. The summed E-state index contributed by atoms with van der Waals surface area (Å²) >= 11 is -0.711. The highest BCUT2D eigenvalue weighted by molar-refractivity contribution is 7.91. The van der Waals surface area contributed by atoms with E-state index in [-0.39, 0.29) is 12.1 Å². The molecule has 0 atom stereocenters. The van der Waals surface area contributed by atoms with Gasteiger partial charge in [-0.3, -0.25) is 4.68 Å². The van der Waals surface area contributed by atoms with Crippen LogP contribution in [0.25, 0.3) is 28.0 Å². The van der Waals surface area contributed by atoms with Crippen LogP contribution in [0.4, 0.5) is 5.82 Å². The van der Waals surface area contributed by atoms with Gasteiger partial charge in [-0.15, -0.1) is 0 Å². The molecule has 5 heterocycles. The normalized spacial score (nSPS) is 21.4. The van der Waals surface area contributed by atoms with Crippen LogP contribution >= 0.6 is 0 Å². The molecule has 4 aromatic rings. The third kappa shape index (κ3) is 4.37. The van der Waals surface area contributed by atoms with Gasteiger partial charge >= 0.3 is 0 Å². The number of nitrogens with two attached hydrogens (primary N) is 1. The SMILES string of the molecule is Nc1ncnn2c(-c3cccc(OC4CC[S+]([O-])CC4)c3)cc(-c3ccnn3C3CCOCC3)c12. The number of aromatic nitrogens is 5. The van der Waals surface area contributed by atoms with E-state index in [1.165, 1.54) is 6.33 Å². The summed E-state index contributed by atoms with van der Waals surface area (Å²) in [5, 5.41) is 9.19. The Morgan fingerprint density at radius 2 is 1.86 bits per heavy atom. The molecule has 0 saturated carbocycles. The monoisotopic (exact) mass is 492 g/mol. The molecule has 35 heavy (non-hydrogen) atoms. The summed E-state index contributed by atoms with van der Waals surface area (Å²) < 4.78 is 27.4. The first-order valence-corrected chi connectivity index (χ1v) is 13.5. The van der Waals surface area contributed by atoms with Crippen LogP contribution in [0.3, 0.4) is 0 Å². The van der Waals surface area contributed by atoms with E-state index in [9.17, 15) is 4.55 Å². The van der Waals surface area contributed by atoms with Gasteiger partial charge in [0.25, 0.3) is 0 Å². The molecule has 0 aliphatic carbocycles. The van der Waals surface area contributed by atoms with Crippen molar-refractivity contribution in [2.75, 3.05) is 30.5 Å². The molecule has 2 aliphatic rings. The molecule has 0 amide bonds. The minimum Gasteiger partial charge on any atom is -0.616 e. The maximum absolute atomic E-state index is 11.7. The molecule has 0 bridgehead atoms. The first kappa shape index (κ1) is 22.4. The van der Waals surface area contributed by atoms with E-state index in [0.717, 1.165) is 72.7 Å². The minimum atomic E-state index is -0.711. The van der Waals surface area contributed by atoms with E-state index in [0.29, 0.717) is 17.3 Å². The summed E-state index contributed by atoms with van der Waals surface area (Å²) in [6.07, 6.45) is 6.88. The van der Waals surface area contributed by atoms with Crippen molar-refractivity contribution in [2.45, 2.75) is 37.8 Å². The van der Waals surface area contributed by atoms with Crippen LogP contribution < -0.4 is 10.5 Å². The summed E-state index contributed by atoms with van der Waals surface area (Å²) in [5.41, 5.74) is 10.9. The highest BCUT2D eigenvalue weighted by Gasteiger charge is 2.25. The predicted octanol–water partition coefficient (Wildman–Crippen LogP) is 3.48. The molecule has 2 saturated heterocycles. The molecule has 3 aromatic heterocycles. The molecule has 0 unspecified atom stereocenters. The Labute approximate surface area is 206 Å². The zero-order valence-corrected chi connectivity index (χ0v) is 20.2. The van der Waals surface area contributed by atoms with E-state index >= 15 is 0 Å². The third-order valence-electron chi connectivity index (χ3n) is 6.83. The second-order valence-electron chi connectivity index (χ2n) is 9.05. The second-order valence-corrected chi connectivity index (χ2v) is 10.7. The van der Waals surface area contributed by atoms with E-state index in [1.54, 1.807) is 0 Å². The highest BCUT2D eigenvalue weighted by Crippen LogP contribution is 2.37. The summed E-state index contributed by atoms with van der Waals surface area (Å²) in [6.45, 7) is 1.47. The lowest BCUT2D eigenvalue weighted by Crippen LogP contribution is -2.30. The molecule has 10 heteroatoms. The third-order valence-corrected chi connectivity index (χ3v) is 8.22. The van der Waals surface area contributed by atoms with Gasteiger partial charge in [0.1, 0.15) is 35.2 Å². The topological polar surface area (TPSA) is 116 Å². The molecule has 2 N–H and O–H groups in total. The van der Waals surface area contributed by atoms with Crippen LogP contribution in [0, 0.1) is 0 Å². The Kier molecular flexibility index (Phi) is 6.09. The Morgan fingerprint density at radius 1 is 1.03 bits per heavy atom. The minimum absolute atomic E-state index is 0.0920. The number of benzene rings is 1. The number of ether oxygens (including phenoxy) is 2. The molecule has 9 nitrogen and oxygen atoms in total. The Balaban J connectivity index is 1.39. The Hall–Kier alpha value is -3.08. The molecule has 182 valence electrons. The number of anilines is 1. The average Bonchev–Trinajstić information content (AvgIpc) is 3.52. The Morgan fingerprint density at radius 3 is 2.69 bits per heavy atom. The van der Waals surface area contributed by atoms with Gasteiger partial charge in [-0.1, -0.05) is 23.3 Å². The number of fused-ring (bicyclic) bond motifs is 1. The lowest BCUT2D eigenvalue weighted by atomic mass is 10.1. The van der Waals surface area contributed by atoms with Crippen molar-refractivity contribution in [1.82, 2.24) is 24.4 Å².